The van der Waals surface area contributed by atoms with Gasteiger partial charge in [0.25, 0.3) is 0 Å². The largest absolute Gasteiger partial charge is 0.493 e. The number of carboxylic acids is 1. The van der Waals surface area contributed by atoms with Gasteiger partial charge in [-0.05, 0) is 42.9 Å². The maximum Gasteiger partial charge on any atom is 0.341 e. The maximum atomic E-state index is 12.5. The lowest BCUT2D eigenvalue weighted by atomic mass is 9.87. The fourth-order valence-corrected chi connectivity index (χ4v) is 4.41. The Morgan fingerprint density at radius 3 is 2.52 bits per heavy atom. The molecule has 31 heavy (non-hydrogen) atoms. The molecule has 4 rings (SSSR count). The third kappa shape index (κ3) is 3.94. The molecule has 1 saturated carbocycles. The van der Waals surface area contributed by atoms with Crippen molar-refractivity contribution in [2.45, 2.75) is 39.2 Å². The van der Waals surface area contributed by atoms with Crippen molar-refractivity contribution in [1.29, 1.82) is 0 Å². The molecular weight excluding hydrogens is 398 g/mol. The van der Waals surface area contributed by atoms with E-state index in [9.17, 15) is 14.7 Å². The quantitative estimate of drug-likeness (QED) is 0.690. The van der Waals surface area contributed by atoms with Gasteiger partial charge < -0.3 is 23.9 Å². The highest BCUT2D eigenvalue weighted by atomic mass is 16.5. The summed E-state index contributed by atoms with van der Waals surface area (Å²) in [4.78, 5) is 24.0. The fourth-order valence-electron chi connectivity index (χ4n) is 4.41. The van der Waals surface area contributed by atoms with Crippen molar-refractivity contribution >= 4 is 5.97 Å². The Hall–Kier alpha value is -2.80. The summed E-state index contributed by atoms with van der Waals surface area (Å²) < 4.78 is 19.0. The van der Waals surface area contributed by atoms with Crippen LogP contribution in [0.3, 0.4) is 0 Å². The van der Waals surface area contributed by atoms with E-state index in [4.69, 9.17) is 14.2 Å². The van der Waals surface area contributed by atoms with Crippen molar-refractivity contribution < 1.29 is 24.1 Å². The van der Waals surface area contributed by atoms with E-state index in [1.807, 2.05) is 16.7 Å². The van der Waals surface area contributed by atoms with Gasteiger partial charge in [0.05, 0.1) is 26.0 Å². The predicted octanol–water partition coefficient (Wildman–Crippen LogP) is 3.78. The first-order valence-electron chi connectivity index (χ1n) is 10.6. The van der Waals surface area contributed by atoms with E-state index >= 15 is 0 Å². The second kappa shape index (κ2) is 8.04. The summed E-state index contributed by atoms with van der Waals surface area (Å²) in [5.74, 6) is 0.319. The third-order valence-corrected chi connectivity index (χ3v) is 6.47. The first-order valence-corrected chi connectivity index (χ1v) is 10.6. The number of fused-ring (bicyclic) bond motifs is 3. The molecule has 7 nitrogen and oxygen atoms in total. The van der Waals surface area contributed by atoms with Gasteiger partial charge >= 0.3 is 5.97 Å². The third-order valence-electron chi connectivity index (χ3n) is 6.47. The molecule has 1 aliphatic heterocycles. The highest BCUT2D eigenvalue weighted by Crippen LogP contribution is 2.47. The standard InChI is InChI=1S/C24H29NO6/c1-14(2)18-7-15-8-22(31-13-24(5-6-24)12-29-3)21(30-4)9-16(15)19-10-20(26)17(23(27)28)11-25(18)19/h8-11,14,18H,5-7,12-13H2,1-4H3,(H,27,28)/t18-/m0/s1. The van der Waals surface area contributed by atoms with Crippen molar-refractivity contribution in [2.75, 3.05) is 27.4 Å². The molecular formula is C24H29NO6. The molecule has 2 aromatic rings. The molecule has 0 radical (unpaired) electrons. The van der Waals surface area contributed by atoms with Crippen molar-refractivity contribution in [3.63, 3.8) is 0 Å². The monoisotopic (exact) mass is 427 g/mol. The van der Waals surface area contributed by atoms with Gasteiger partial charge in [0.1, 0.15) is 5.56 Å². The van der Waals surface area contributed by atoms with Gasteiger partial charge in [-0.2, -0.15) is 0 Å². The lowest BCUT2D eigenvalue weighted by molar-refractivity contribution is 0.0694. The van der Waals surface area contributed by atoms with Crippen LogP contribution in [-0.4, -0.2) is 43.1 Å². The zero-order chi connectivity index (χ0) is 22.3. The van der Waals surface area contributed by atoms with Gasteiger partial charge in [-0.3, -0.25) is 4.79 Å². The van der Waals surface area contributed by atoms with E-state index in [1.165, 1.54) is 12.3 Å². The number of aromatic nitrogens is 1. The second-order valence-electron chi connectivity index (χ2n) is 9.05. The van der Waals surface area contributed by atoms with Crippen molar-refractivity contribution in [3.05, 3.63) is 45.7 Å². The van der Waals surface area contributed by atoms with Crippen LogP contribution in [0.2, 0.25) is 0 Å². The molecule has 2 aliphatic rings. The molecule has 0 bridgehead atoms. The molecule has 0 saturated heterocycles. The van der Waals surface area contributed by atoms with Gasteiger partial charge in [-0.15, -0.1) is 0 Å². The van der Waals surface area contributed by atoms with Crippen LogP contribution in [0.4, 0.5) is 0 Å². The lowest BCUT2D eigenvalue weighted by Gasteiger charge is -2.34. The summed E-state index contributed by atoms with van der Waals surface area (Å²) in [5, 5.41) is 9.42. The molecule has 1 N–H and O–H groups in total. The highest BCUT2D eigenvalue weighted by molar-refractivity contribution is 5.88. The van der Waals surface area contributed by atoms with Crippen LogP contribution >= 0.6 is 0 Å². The van der Waals surface area contributed by atoms with E-state index in [1.54, 1.807) is 14.2 Å². The molecule has 0 unspecified atom stereocenters. The summed E-state index contributed by atoms with van der Waals surface area (Å²) in [6, 6.07) is 5.36. The molecule has 2 heterocycles. The normalized spacial score (nSPS) is 18.3. The Morgan fingerprint density at radius 1 is 1.19 bits per heavy atom. The van der Waals surface area contributed by atoms with Crippen LogP contribution in [0.5, 0.6) is 11.5 Å². The maximum absolute atomic E-state index is 12.5. The number of methoxy groups -OCH3 is 2. The number of carbonyl (C=O) groups is 1. The number of aromatic carboxylic acids is 1. The molecule has 1 aromatic heterocycles. The van der Waals surface area contributed by atoms with Gasteiger partial charge in [0.2, 0.25) is 0 Å². The van der Waals surface area contributed by atoms with E-state index in [0.29, 0.717) is 36.8 Å². The van der Waals surface area contributed by atoms with Gasteiger partial charge in [0, 0.05) is 36.4 Å². The van der Waals surface area contributed by atoms with E-state index < -0.39 is 11.4 Å². The number of carboxylic acid groups (broad SMARTS) is 1. The number of pyridine rings is 1. The number of hydrogen-bond acceptors (Lipinski definition) is 5. The summed E-state index contributed by atoms with van der Waals surface area (Å²) in [5.41, 5.74) is 2.02. The first-order chi connectivity index (χ1) is 14.8. The Kier molecular flexibility index (Phi) is 5.56. The number of ether oxygens (including phenoxy) is 3. The Morgan fingerprint density at radius 2 is 1.94 bits per heavy atom. The average molecular weight is 427 g/mol. The van der Waals surface area contributed by atoms with Gasteiger partial charge in [0.15, 0.2) is 16.9 Å². The molecule has 1 atom stereocenters. The number of nitrogens with zero attached hydrogens (tertiary/aromatic N) is 1. The lowest BCUT2D eigenvalue weighted by Crippen LogP contribution is -2.28. The van der Waals surface area contributed by atoms with Crippen molar-refractivity contribution in [2.24, 2.45) is 11.3 Å². The molecule has 1 fully saturated rings. The molecule has 7 heteroatoms. The van der Waals surface area contributed by atoms with E-state index in [2.05, 4.69) is 13.8 Å². The topological polar surface area (TPSA) is 87.0 Å². The summed E-state index contributed by atoms with van der Waals surface area (Å²) >= 11 is 0. The SMILES string of the molecule is COCC1(COc2cc3c(cc2OC)-c2cc(=O)c(C(=O)O)cn2[C@H](C(C)C)C3)CC1. The van der Waals surface area contributed by atoms with Crippen LogP contribution < -0.4 is 14.9 Å². The highest BCUT2D eigenvalue weighted by Gasteiger charge is 2.44. The zero-order valence-electron chi connectivity index (χ0n) is 18.4. The van der Waals surface area contributed by atoms with E-state index in [-0.39, 0.29) is 22.9 Å². The van der Waals surface area contributed by atoms with Crippen molar-refractivity contribution in [3.8, 4) is 22.8 Å². The average Bonchev–Trinajstić information content (AvgIpc) is 3.50. The minimum absolute atomic E-state index is 0.0331. The minimum atomic E-state index is -1.21. The fraction of sp³-hybridized carbons (Fsp3) is 0.500. The summed E-state index contributed by atoms with van der Waals surface area (Å²) in [6.45, 7) is 5.44. The Balaban J connectivity index is 1.77. The zero-order valence-corrected chi connectivity index (χ0v) is 18.4. The predicted molar refractivity (Wildman–Crippen MR) is 116 cm³/mol. The molecule has 0 amide bonds. The van der Waals surface area contributed by atoms with Gasteiger partial charge in [-0.25, -0.2) is 4.79 Å². The molecule has 166 valence electrons. The van der Waals surface area contributed by atoms with Crippen LogP contribution in [-0.2, 0) is 11.2 Å². The number of benzene rings is 1. The summed E-state index contributed by atoms with van der Waals surface area (Å²) in [7, 11) is 3.30. The molecule has 0 spiro atoms. The summed E-state index contributed by atoms with van der Waals surface area (Å²) in [6.07, 6.45) is 4.37. The molecule has 1 aliphatic carbocycles. The number of rotatable bonds is 8. The van der Waals surface area contributed by atoms with E-state index in [0.717, 1.165) is 24.0 Å². The van der Waals surface area contributed by atoms with Crippen LogP contribution in [0.15, 0.2) is 29.2 Å². The first kappa shape index (κ1) is 21.4. The van der Waals surface area contributed by atoms with Crippen molar-refractivity contribution in [1.82, 2.24) is 4.57 Å². The number of hydrogen-bond donors (Lipinski definition) is 1. The van der Waals surface area contributed by atoms with Crippen LogP contribution in [0, 0.1) is 11.3 Å². The Labute approximate surface area is 181 Å². The Bertz CT molecular complexity index is 1070. The minimum Gasteiger partial charge on any atom is -0.493 e. The molecule has 1 aromatic carbocycles. The smallest absolute Gasteiger partial charge is 0.341 e. The van der Waals surface area contributed by atoms with Crippen LogP contribution in [0.1, 0.15) is 48.7 Å². The van der Waals surface area contributed by atoms with Crippen LogP contribution in [0.25, 0.3) is 11.3 Å². The van der Waals surface area contributed by atoms with Gasteiger partial charge in [-0.1, -0.05) is 13.8 Å². The second-order valence-corrected chi connectivity index (χ2v) is 9.05.